The first-order chi connectivity index (χ1) is 21.8. The molecule has 2 aliphatic heterocycles. The number of rotatable bonds is 3. The lowest BCUT2D eigenvalue weighted by molar-refractivity contribution is 0.0696. The third-order valence-corrected chi connectivity index (χ3v) is 10.1. The van der Waals surface area contributed by atoms with Crippen LogP contribution < -0.4 is 0 Å². The van der Waals surface area contributed by atoms with Crippen LogP contribution in [-0.4, -0.2) is 17.2 Å². The lowest BCUT2D eigenvalue weighted by atomic mass is 9.77. The van der Waals surface area contributed by atoms with Crippen molar-refractivity contribution in [3.05, 3.63) is 155 Å². The molecule has 3 unspecified atom stereocenters. The fourth-order valence-corrected chi connectivity index (χ4v) is 7.94. The zero-order chi connectivity index (χ0) is 29.0. The lowest BCUT2D eigenvalue weighted by Crippen LogP contribution is -2.29. The largest absolute Gasteiger partial charge is 0.489 e. The van der Waals surface area contributed by atoms with Gasteiger partial charge in [-0.05, 0) is 77.8 Å². The van der Waals surface area contributed by atoms with Crippen molar-refractivity contribution in [2.75, 3.05) is 0 Å². The van der Waals surface area contributed by atoms with Gasteiger partial charge in [0.15, 0.2) is 5.76 Å². The SMILES string of the molecule is C1=CC(c2cnc(C3=C[C@@H]4C5=C(OC4C=C3)C3=C(CCC=C3)C3C=C(c4ccccc4)CCC3O5)c3ccccc23)=CCC1. The summed E-state index contributed by atoms with van der Waals surface area (Å²) in [5.41, 5.74) is 10.1. The first-order valence-corrected chi connectivity index (χ1v) is 16.2. The van der Waals surface area contributed by atoms with Crippen LogP contribution >= 0.6 is 0 Å². The van der Waals surface area contributed by atoms with Crippen LogP contribution in [0.25, 0.3) is 27.5 Å². The highest BCUT2D eigenvalue weighted by atomic mass is 16.5. The molecule has 44 heavy (non-hydrogen) atoms. The Bertz CT molecular complexity index is 1930. The van der Waals surface area contributed by atoms with Crippen molar-refractivity contribution >= 4 is 27.5 Å². The molecule has 3 heteroatoms. The van der Waals surface area contributed by atoms with Crippen molar-refractivity contribution in [3.8, 4) is 0 Å². The third kappa shape index (κ3) is 4.21. The molecular weight excluding hydrogens is 538 g/mol. The van der Waals surface area contributed by atoms with Gasteiger partial charge >= 0.3 is 0 Å². The molecule has 0 radical (unpaired) electrons. The van der Waals surface area contributed by atoms with Crippen molar-refractivity contribution in [1.29, 1.82) is 0 Å². The highest BCUT2D eigenvalue weighted by Gasteiger charge is 2.45. The minimum Gasteiger partial charge on any atom is -0.489 e. The topological polar surface area (TPSA) is 31.4 Å². The average Bonchev–Trinajstić information content (AvgIpc) is 3.39. The number of aromatic nitrogens is 1. The van der Waals surface area contributed by atoms with Gasteiger partial charge in [-0.1, -0.05) is 103 Å². The summed E-state index contributed by atoms with van der Waals surface area (Å²) < 4.78 is 13.8. The minimum absolute atomic E-state index is 0.0246. The maximum Gasteiger partial charge on any atom is 0.165 e. The van der Waals surface area contributed by atoms with Crippen molar-refractivity contribution in [2.24, 2.45) is 11.8 Å². The second-order valence-corrected chi connectivity index (χ2v) is 12.6. The summed E-state index contributed by atoms with van der Waals surface area (Å²) in [4.78, 5) is 5.09. The maximum absolute atomic E-state index is 7.08. The van der Waals surface area contributed by atoms with Crippen molar-refractivity contribution in [3.63, 3.8) is 0 Å². The predicted molar refractivity (Wildman–Crippen MR) is 178 cm³/mol. The van der Waals surface area contributed by atoms with E-state index in [0.717, 1.165) is 61.3 Å². The fraction of sp³-hybridized carbons (Fsp3) is 0.244. The highest BCUT2D eigenvalue weighted by molar-refractivity contribution is 6.01. The van der Waals surface area contributed by atoms with Gasteiger partial charge in [-0.3, -0.25) is 4.98 Å². The Morgan fingerprint density at radius 1 is 0.727 bits per heavy atom. The van der Waals surface area contributed by atoms with E-state index in [4.69, 9.17) is 14.5 Å². The van der Waals surface area contributed by atoms with E-state index in [1.54, 1.807) is 0 Å². The van der Waals surface area contributed by atoms with Crippen LogP contribution in [0.5, 0.6) is 0 Å². The molecule has 4 atom stereocenters. The zero-order valence-electron chi connectivity index (χ0n) is 24.8. The van der Waals surface area contributed by atoms with Gasteiger partial charge < -0.3 is 9.47 Å². The van der Waals surface area contributed by atoms with E-state index in [9.17, 15) is 0 Å². The standard InChI is InChI=1S/C41H35NO2/c1-3-11-26(12-4-1)28-19-21-37-34(23-28)31-16-8-10-18-33(31)40-41(43-37)35-24-29(20-22-38(35)44-40)39-32-17-9-7-15-30(32)36(25-42-39)27-13-5-2-6-14-27/h1,3-5,7,9-15,17-18,20,22-25,34-35,37-38H,2,6,8,16,19,21H2/t34?,35-,37?,38?/m0/s1. The molecular formula is C41H35NO2. The molecule has 4 aliphatic carbocycles. The lowest BCUT2D eigenvalue weighted by Gasteiger charge is -2.34. The van der Waals surface area contributed by atoms with E-state index in [-0.39, 0.29) is 24.0 Å². The van der Waals surface area contributed by atoms with E-state index in [2.05, 4.69) is 115 Å². The van der Waals surface area contributed by atoms with Gasteiger partial charge in [0.1, 0.15) is 18.0 Å². The molecule has 6 aliphatic rings. The summed E-state index contributed by atoms with van der Waals surface area (Å²) >= 11 is 0. The van der Waals surface area contributed by atoms with Crippen LogP contribution in [0.1, 0.15) is 55.3 Å². The van der Waals surface area contributed by atoms with E-state index in [1.165, 1.54) is 44.2 Å². The molecule has 3 heterocycles. The number of ether oxygens (including phenoxy) is 2. The highest BCUT2D eigenvalue weighted by Crippen LogP contribution is 2.50. The first-order valence-electron chi connectivity index (χ1n) is 16.2. The number of benzene rings is 2. The molecule has 0 spiro atoms. The summed E-state index contributed by atoms with van der Waals surface area (Å²) in [6.45, 7) is 0. The Morgan fingerprint density at radius 3 is 2.48 bits per heavy atom. The van der Waals surface area contributed by atoms with Crippen molar-refractivity contribution < 1.29 is 9.47 Å². The van der Waals surface area contributed by atoms with Gasteiger partial charge in [0, 0.05) is 28.6 Å². The molecule has 0 saturated heterocycles. The van der Waals surface area contributed by atoms with Crippen LogP contribution in [0.3, 0.4) is 0 Å². The van der Waals surface area contributed by atoms with Crippen LogP contribution in [0.2, 0.25) is 0 Å². The maximum atomic E-state index is 7.08. The molecule has 1 aromatic heterocycles. The summed E-state index contributed by atoms with van der Waals surface area (Å²) in [7, 11) is 0. The molecule has 216 valence electrons. The Labute approximate surface area is 259 Å². The van der Waals surface area contributed by atoms with Crippen LogP contribution in [-0.2, 0) is 9.47 Å². The van der Waals surface area contributed by atoms with Gasteiger partial charge in [-0.2, -0.15) is 0 Å². The number of hydrogen-bond donors (Lipinski definition) is 0. The molecule has 0 amide bonds. The van der Waals surface area contributed by atoms with Crippen LogP contribution in [0.15, 0.2) is 138 Å². The number of fused-ring (bicyclic) bond motifs is 6. The second-order valence-electron chi connectivity index (χ2n) is 12.6. The fourth-order valence-electron chi connectivity index (χ4n) is 7.94. The number of nitrogens with zero attached hydrogens (tertiary/aromatic N) is 1. The quantitative estimate of drug-likeness (QED) is 0.313. The van der Waals surface area contributed by atoms with E-state index in [1.807, 2.05) is 0 Å². The van der Waals surface area contributed by atoms with E-state index < -0.39 is 0 Å². The molecule has 0 saturated carbocycles. The summed E-state index contributed by atoms with van der Waals surface area (Å²) in [6, 6.07) is 19.5. The third-order valence-electron chi connectivity index (χ3n) is 10.1. The normalized spacial score (nSPS) is 26.9. The molecule has 0 N–H and O–H groups in total. The van der Waals surface area contributed by atoms with Gasteiger partial charge in [-0.25, -0.2) is 0 Å². The number of allylic oxidation sites excluding steroid dienone is 9. The molecule has 9 rings (SSSR count). The summed E-state index contributed by atoms with van der Waals surface area (Å²) in [5.74, 6) is 2.23. The number of hydrogen-bond acceptors (Lipinski definition) is 3. The van der Waals surface area contributed by atoms with Gasteiger partial charge in [0.25, 0.3) is 0 Å². The molecule has 0 bridgehead atoms. The molecule has 0 fully saturated rings. The van der Waals surface area contributed by atoms with Gasteiger partial charge in [0.2, 0.25) is 0 Å². The van der Waals surface area contributed by atoms with Crippen LogP contribution in [0, 0.1) is 11.8 Å². The second kappa shape index (κ2) is 10.5. The Kier molecular flexibility index (Phi) is 6.18. The Hall–Kier alpha value is -4.63. The minimum atomic E-state index is -0.0635. The average molecular weight is 574 g/mol. The van der Waals surface area contributed by atoms with E-state index in [0.29, 0.717) is 0 Å². The van der Waals surface area contributed by atoms with Crippen molar-refractivity contribution in [2.45, 2.75) is 50.7 Å². The first kappa shape index (κ1) is 25.8. The van der Waals surface area contributed by atoms with Gasteiger partial charge in [0.05, 0.1) is 11.6 Å². The number of pyridine rings is 1. The summed E-state index contributed by atoms with van der Waals surface area (Å²) in [6.07, 6.45) is 29.1. The summed E-state index contributed by atoms with van der Waals surface area (Å²) in [5, 5.41) is 2.42. The molecule has 2 aromatic carbocycles. The monoisotopic (exact) mass is 573 g/mol. The predicted octanol–water partition coefficient (Wildman–Crippen LogP) is 9.69. The molecule has 3 nitrogen and oxygen atoms in total. The van der Waals surface area contributed by atoms with E-state index >= 15 is 0 Å². The molecule has 3 aromatic rings. The van der Waals surface area contributed by atoms with Crippen LogP contribution in [0.4, 0.5) is 0 Å². The smallest absolute Gasteiger partial charge is 0.165 e. The Balaban J connectivity index is 1.11. The van der Waals surface area contributed by atoms with Gasteiger partial charge in [-0.15, -0.1) is 0 Å². The zero-order valence-corrected chi connectivity index (χ0v) is 24.8. The van der Waals surface area contributed by atoms with Crippen molar-refractivity contribution in [1.82, 2.24) is 4.98 Å². The Morgan fingerprint density at radius 2 is 1.59 bits per heavy atom.